The Kier molecular flexibility index (Phi) is 7.13. The molecule has 216 valence electrons. The number of benzene rings is 3. The van der Waals surface area contributed by atoms with Crippen LogP contribution in [0.3, 0.4) is 0 Å². The first-order valence-electron chi connectivity index (χ1n) is 14.2. The number of aryl methyl sites for hydroxylation is 2. The molecule has 0 unspecified atom stereocenters. The summed E-state index contributed by atoms with van der Waals surface area (Å²) < 4.78 is 17.2. The molecule has 2 aliphatic rings. The van der Waals surface area contributed by atoms with Crippen LogP contribution in [0.2, 0.25) is 0 Å². The Hall–Kier alpha value is -3.89. The summed E-state index contributed by atoms with van der Waals surface area (Å²) in [5.41, 5.74) is 9.85. The number of rotatable bonds is 5. The lowest BCUT2D eigenvalue weighted by molar-refractivity contribution is 0.354. The molecular formula is C35H30IN3O3S. The molecule has 0 saturated carbocycles. The van der Waals surface area contributed by atoms with Gasteiger partial charge >= 0.3 is 0 Å². The highest BCUT2D eigenvalue weighted by atomic mass is 127. The van der Waals surface area contributed by atoms with E-state index in [9.17, 15) is 4.79 Å². The average molecular weight is 700 g/mol. The number of thiazole rings is 1. The maximum absolute atomic E-state index is 14.3. The Morgan fingerprint density at radius 3 is 2.49 bits per heavy atom. The Bertz CT molecular complexity index is 2120. The van der Waals surface area contributed by atoms with Gasteiger partial charge in [-0.2, -0.15) is 0 Å². The Labute approximate surface area is 267 Å². The fourth-order valence-electron chi connectivity index (χ4n) is 6.41. The van der Waals surface area contributed by atoms with Gasteiger partial charge in [-0.3, -0.25) is 9.36 Å². The van der Waals surface area contributed by atoms with Crippen LogP contribution in [0.4, 0.5) is 0 Å². The molecule has 0 N–H and O–H groups in total. The lowest BCUT2D eigenvalue weighted by Gasteiger charge is -2.31. The van der Waals surface area contributed by atoms with E-state index in [0.29, 0.717) is 20.8 Å². The van der Waals surface area contributed by atoms with Crippen LogP contribution in [0.15, 0.2) is 88.2 Å². The summed E-state index contributed by atoms with van der Waals surface area (Å²) in [5, 5.41) is 0. The van der Waals surface area contributed by atoms with Crippen molar-refractivity contribution >= 4 is 45.7 Å². The van der Waals surface area contributed by atoms with Crippen LogP contribution < -0.4 is 24.4 Å². The van der Waals surface area contributed by atoms with Gasteiger partial charge in [0, 0.05) is 26.2 Å². The van der Waals surface area contributed by atoms with Crippen molar-refractivity contribution < 1.29 is 9.47 Å². The lowest BCUT2D eigenvalue weighted by atomic mass is 9.83. The van der Waals surface area contributed by atoms with Crippen molar-refractivity contribution in [3.05, 3.63) is 135 Å². The largest absolute Gasteiger partial charge is 0.493 e. The summed E-state index contributed by atoms with van der Waals surface area (Å²) in [7, 11) is 3.27. The summed E-state index contributed by atoms with van der Waals surface area (Å²) >= 11 is 3.78. The van der Waals surface area contributed by atoms with E-state index in [2.05, 4.69) is 95.6 Å². The highest BCUT2D eigenvalue weighted by Crippen LogP contribution is 2.42. The zero-order chi connectivity index (χ0) is 29.8. The molecule has 0 saturated heterocycles. The van der Waals surface area contributed by atoms with Crippen molar-refractivity contribution in [2.45, 2.75) is 32.7 Å². The number of methoxy groups -OCH3 is 2. The molecule has 5 aromatic rings. The third-order valence-electron chi connectivity index (χ3n) is 8.44. The summed E-state index contributed by atoms with van der Waals surface area (Å²) in [4.78, 5) is 20.2. The van der Waals surface area contributed by atoms with Gasteiger partial charge in [-0.15, -0.1) is 0 Å². The number of ether oxygens (including phenoxy) is 2. The standard InChI is InChI=1S/C35H30IN3O3S/c1-20-17-24(21(2)38(20)26-13-11-25(36)12-14-26)19-31-34(40)39-33(23-10-16-29(41-3)30(18-23)42-4)28-15-9-22-7-5-6-8-27(22)32(28)37-35(39)43-31/h5-8,10-14,16-19,33H,9,15H2,1-4H3/b31-19+/t33-/m1/s1. The zero-order valence-corrected chi connectivity index (χ0v) is 27.3. The van der Waals surface area contributed by atoms with E-state index in [0.717, 1.165) is 57.9 Å². The molecule has 43 heavy (non-hydrogen) atoms. The first-order chi connectivity index (χ1) is 20.9. The summed E-state index contributed by atoms with van der Waals surface area (Å²) in [6.45, 7) is 4.21. The quantitative estimate of drug-likeness (QED) is 0.201. The van der Waals surface area contributed by atoms with Crippen LogP contribution >= 0.6 is 33.9 Å². The smallest absolute Gasteiger partial charge is 0.271 e. The second-order valence-electron chi connectivity index (χ2n) is 10.9. The van der Waals surface area contributed by atoms with Gasteiger partial charge in [0.2, 0.25) is 0 Å². The van der Waals surface area contributed by atoms with E-state index in [1.165, 1.54) is 20.5 Å². The molecular weight excluding hydrogens is 669 g/mol. The Morgan fingerprint density at radius 2 is 1.72 bits per heavy atom. The molecule has 0 bridgehead atoms. The summed E-state index contributed by atoms with van der Waals surface area (Å²) in [6, 6.07) is 24.8. The molecule has 2 aromatic heterocycles. The monoisotopic (exact) mass is 699 g/mol. The topological polar surface area (TPSA) is 57.8 Å². The molecule has 8 heteroatoms. The summed E-state index contributed by atoms with van der Waals surface area (Å²) in [6.07, 6.45) is 3.76. The maximum atomic E-state index is 14.3. The minimum Gasteiger partial charge on any atom is -0.493 e. The van der Waals surface area contributed by atoms with Crippen molar-refractivity contribution in [2.24, 2.45) is 4.99 Å². The first kappa shape index (κ1) is 27.9. The van der Waals surface area contributed by atoms with E-state index in [-0.39, 0.29) is 11.6 Å². The molecule has 6 nitrogen and oxygen atoms in total. The second-order valence-corrected chi connectivity index (χ2v) is 13.1. The van der Waals surface area contributed by atoms with Gasteiger partial charge in [0.1, 0.15) is 0 Å². The number of nitrogens with zero attached hydrogens (tertiary/aromatic N) is 3. The van der Waals surface area contributed by atoms with Gasteiger partial charge in [0.15, 0.2) is 16.3 Å². The van der Waals surface area contributed by atoms with E-state index < -0.39 is 0 Å². The highest BCUT2D eigenvalue weighted by molar-refractivity contribution is 14.1. The third kappa shape index (κ3) is 4.67. The Balaban J connectivity index is 1.44. The minimum absolute atomic E-state index is 0.0342. The fourth-order valence-corrected chi connectivity index (χ4v) is 7.76. The predicted molar refractivity (Wildman–Crippen MR) is 180 cm³/mol. The van der Waals surface area contributed by atoms with Crippen LogP contribution in [-0.4, -0.2) is 23.4 Å². The lowest BCUT2D eigenvalue weighted by Crippen LogP contribution is -2.38. The van der Waals surface area contributed by atoms with Crippen molar-refractivity contribution in [1.82, 2.24) is 9.13 Å². The number of hydrogen-bond acceptors (Lipinski definition) is 5. The zero-order valence-electron chi connectivity index (χ0n) is 24.3. The molecule has 7 rings (SSSR count). The maximum Gasteiger partial charge on any atom is 0.271 e. The van der Waals surface area contributed by atoms with Crippen molar-refractivity contribution in [3.63, 3.8) is 0 Å². The average Bonchev–Trinajstić information content (AvgIpc) is 3.49. The molecule has 0 spiro atoms. The van der Waals surface area contributed by atoms with Crippen LogP contribution in [0.1, 0.15) is 46.1 Å². The van der Waals surface area contributed by atoms with Crippen LogP contribution in [-0.2, 0) is 6.42 Å². The SMILES string of the molecule is COc1ccc([C@@H]2C3=C(N=c4s/c(=C/c5cc(C)n(-c6ccc(I)cc6)c5C)c(=O)n42)c2ccccc2CC3)cc1OC. The second kappa shape index (κ2) is 11.0. The molecule has 3 heterocycles. The fraction of sp³-hybridized carbons (Fsp3) is 0.200. The van der Waals surface area contributed by atoms with Gasteiger partial charge < -0.3 is 14.0 Å². The molecule has 3 aromatic carbocycles. The molecule has 0 fully saturated rings. The number of aromatic nitrogens is 2. The molecule has 1 aliphatic heterocycles. The van der Waals surface area contributed by atoms with E-state index in [1.807, 2.05) is 28.8 Å². The third-order valence-corrected chi connectivity index (χ3v) is 10.1. The van der Waals surface area contributed by atoms with Gasteiger partial charge in [0.05, 0.1) is 30.5 Å². The number of fused-ring (bicyclic) bond motifs is 3. The number of allylic oxidation sites excluding steroid dienone is 1. The van der Waals surface area contributed by atoms with Crippen molar-refractivity contribution in [2.75, 3.05) is 14.2 Å². The molecule has 0 radical (unpaired) electrons. The molecule has 0 amide bonds. The first-order valence-corrected chi connectivity index (χ1v) is 16.1. The highest BCUT2D eigenvalue weighted by Gasteiger charge is 2.33. The number of hydrogen-bond donors (Lipinski definition) is 0. The van der Waals surface area contributed by atoms with Crippen molar-refractivity contribution in [1.29, 1.82) is 0 Å². The summed E-state index contributed by atoms with van der Waals surface area (Å²) in [5.74, 6) is 1.30. The molecule has 1 atom stereocenters. The van der Waals surface area contributed by atoms with Gasteiger partial charge in [-0.25, -0.2) is 4.99 Å². The normalized spacial score (nSPS) is 15.9. The minimum atomic E-state index is -0.291. The van der Waals surface area contributed by atoms with Gasteiger partial charge in [-0.05, 0) is 120 Å². The van der Waals surface area contributed by atoms with E-state index in [1.54, 1.807) is 14.2 Å². The van der Waals surface area contributed by atoms with Crippen LogP contribution in [0, 0.1) is 17.4 Å². The molecule has 1 aliphatic carbocycles. The van der Waals surface area contributed by atoms with E-state index in [4.69, 9.17) is 14.5 Å². The van der Waals surface area contributed by atoms with Crippen LogP contribution in [0.5, 0.6) is 11.5 Å². The van der Waals surface area contributed by atoms with Crippen molar-refractivity contribution in [3.8, 4) is 17.2 Å². The number of halogens is 1. The Morgan fingerprint density at radius 1 is 0.953 bits per heavy atom. The van der Waals surface area contributed by atoms with Gasteiger partial charge in [0.25, 0.3) is 5.56 Å². The van der Waals surface area contributed by atoms with Gasteiger partial charge in [-0.1, -0.05) is 41.7 Å². The predicted octanol–water partition coefficient (Wildman–Crippen LogP) is 6.35. The van der Waals surface area contributed by atoms with E-state index >= 15 is 0 Å². The van der Waals surface area contributed by atoms with Crippen LogP contribution in [0.25, 0.3) is 17.5 Å².